The van der Waals surface area contributed by atoms with Crippen LogP contribution in [0.2, 0.25) is 0 Å². The molecule has 0 aromatic heterocycles. The molecule has 1 aliphatic rings. The number of carbonyl (C=O) groups excluding carboxylic acids is 1. The van der Waals surface area contributed by atoms with Crippen LogP contribution in [0.5, 0.6) is 0 Å². The normalized spacial score (nSPS) is 16.2. The first-order valence-electron chi connectivity index (χ1n) is 5.39. The zero-order valence-corrected chi connectivity index (χ0v) is 13.5. The summed E-state index contributed by atoms with van der Waals surface area (Å²) in [5.74, 6) is 0.127. The number of carbonyl (C=O) groups is 1. The van der Waals surface area contributed by atoms with Crippen LogP contribution in [0.3, 0.4) is 0 Å². The fourth-order valence-electron chi connectivity index (χ4n) is 1.81. The van der Waals surface area contributed by atoms with Crippen LogP contribution in [-0.2, 0) is 0 Å². The molecule has 0 atom stereocenters. The number of amides is 1. The lowest BCUT2D eigenvalue weighted by atomic mass is 10.1. The molecular weight excluding hydrogens is 395 g/mol. The molecule has 0 N–H and O–H groups in total. The van der Waals surface area contributed by atoms with Crippen molar-refractivity contribution in [2.24, 2.45) is 0 Å². The Morgan fingerprint density at radius 1 is 1.41 bits per heavy atom. The molecule has 1 aliphatic heterocycles. The van der Waals surface area contributed by atoms with Crippen molar-refractivity contribution in [3.05, 3.63) is 31.8 Å². The maximum atomic E-state index is 12.2. The van der Waals surface area contributed by atoms with Crippen molar-refractivity contribution in [1.29, 1.82) is 0 Å². The standard InChI is InChI=1S/C12H14BrIN2O/c1-15(2)11-6-16(7-11)12(17)8-3-9(13)5-10(14)4-8/h3-5,11H,6-7H2,1-2H3. The number of rotatable bonds is 2. The van der Waals surface area contributed by atoms with Crippen molar-refractivity contribution < 1.29 is 4.79 Å². The number of hydrogen-bond donors (Lipinski definition) is 0. The highest BCUT2D eigenvalue weighted by molar-refractivity contribution is 14.1. The molecule has 1 fully saturated rings. The Morgan fingerprint density at radius 2 is 2.06 bits per heavy atom. The molecule has 0 saturated carbocycles. The largest absolute Gasteiger partial charge is 0.335 e. The van der Waals surface area contributed by atoms with Crippen molar-refractivity contribution in [3.63, 3.8) is 0 Å². The summed E-state index contributed by atoms with van der Waals surface area (Å²) in [6.45, 7) is 1.66. The van der Waals surface area contributed by atoms with Gasteiger partial charge in [0.05, 0.1) is 0 Å². The first-order chi connectivity index (χ1) is 7.97. The van der Waals surface area contributed by atoms with Gasteiger partial charge in [0.1, 0.15) is 0 Å². The van der Waals surface area contributed by atoms with Gasteiger partial charge in [0, 0.05) is 32.7 Å². The molecule has 92 valence electrons. The molecule has 0 radical (unpaired) electrons. The summed E-state index contributed by atoms with van der Waals surface area (Å²) < 4.78 is 2.03. The van der Waals surface area contributed by atoms with Crippen molar-refractivity contribution in [3.8, 4) is 0 Å². The molecule has 1 aromatic rings. The maximum absolute atomic E-state index is 12.2. The second kappa shape index (κ2) is 5.24. The quantitative estimate of drug-likeness (QED) is 0.701. The third-order valence-corrected chi connectivity index (χ3v) is 4.07. The first-order valence-corrected chi connectivity index (χ1v) is 7.26. The van der Waals surface area contributed by atoms with Gasteiger partial charge in [-0.1, -0.05) is 15.9 Å². The highest BCUT2D eigenvalue weighted by Gasteiger charge is 2.32. The van der Waals surface area contributed by atoms with Crippen LogP contribution in [0.15, 0.2) is 22.7 Å². The second-order valence-corrected chi connectivity index (χ2v) is 6.65. The summed E-state index contributed by atoms with van der Waals surface area (Å²) in [7, 11) is 4.10. The first kappa shape index (κ1) is 13.3. The van der Waals surface area contributed by atoms with Crippen LogP contribution in [-0.4, -0.2) is 48.9 Å². The minimum Gasteiger partial charge on any atom is -0.335 e. The Kier molecular flexibility index (Phi) is 4.10. The van der Waals surface area contributed by atoms with Crippen LogP contribution >= 0.6 is 38.5 Å². The van der Waals surface area contributed by atoms with E-state index < -0.39 is 0 Å². The minimum absolute atomic E-state index is 0.127. The Morgan fingerprint density at radius 3 is 2.59 bits per heavy atom. The number of halogens is 2. The zero-order chi connectivity index (χ0) is 12.6. The van der Waals surface area contributed by atoms with Gasteiger partial charge in [-0.3, -0.25) is 4.79 Å². The van der Waals surface area contributed by atoms with Gasteiger partial charge in [-0.05, 0) is 54.9 Å². The summed E-state index contributed by atoms with van der Waals surface area (Å²) in [6.07, 6.45) is 0. The molecule has 1 aromatic carbocycles. The molecule has 1 saturated heterocycles. The third kappa shape index (κ3) is 3.00. The van der Waals surface area contributed by atoms with Gasteiger partial charge >= 0.3 is 0 Å². The highest BCUT2D eigenvalue weighted by atomic mass is 127. The Hall–Kier alpha value is -0.140. The Labute approximate surface area is 123 Å². The summed E-state index contributed by atoms with van der Waals surface area (Å²) >= 11 is 5.65. The second-order valence-electron chi connectivity index (χ2n) is 4.49. The summed E-state index contributed by atoms with van der Waals surface area (Å²) in [6, 6.07) is 6.31. The van der Waals surface area contributed by atoms with Crippen LogP contribution < -0.4 is 0 Å². The van der Waals surface area contributed by atoms with Gasteiger partial charge in [0.2, 0.25) is 0 Å². The molecule has 0 aliphatic carbocycles. The summed E-state index contributed by atoms with van der Waals surface area (Å²) in [5, 5.41) is 0. The van der Waals surface area contributed by atoms with Gasteiger partial charge in [-0.15, -0.1) is 0 Å². The Bertz CT molecular complexity index is 424. The van der Waals surface area contributed by atoms with Gasteiger partial charge in [-0.2, -0.15) is 0 Å². The lowest BCUT2D eigenvalue weighted by Gasteiger charge is -2.42. The predicted molar refractivity (Wildman–Crippen MR) is 80.2 cm³/mol. The number of benzene rings is 1. The molecule has 5 heteroatoms. The molecule has 3 nitrogen and oxygen atoms in total. The molecule has 1 amide bonds. The lowest BCUT2D eigenvalue weighted by Crippen LogP contribution is -2.59. The molecular formula is C12H14BrIN2O. The molecule has 0 unspecified atom stereocenters. The van der Waals surface area contributed by atoms with E-state index in [0.29, 0.717) is 6.04 Å². The maximum Gasteiger partial charge on any atom is 0.254 e. The minimum atomic E-state index is 0.127. The van der Waals surface area contributed by atoms with Crippen molar-refractivity contribution in [1.82, 2.24) is 9.80 Å². The van der Waals surface area contributed by atoms with E-state index in [2.05, 4.69) is 57.5 Å². The van der Waals surface area contributed by atoms with Crippen LogP contribution in [0.1, 0.15) is 10.4 Å². The van der Waals surface area contributed by atoms with Gasteiger partial charge in [0.25, 0.3) is 5.91 Å². The topological polar surface area (TPSA) is 23.6 Å². The summed E-state index contributed by atoms with van der Waals surface area (Å²) in [4.78, 5) is 16.2. The average Bonchev–Trinajstić information content (AvgIpc) is 2.12. The van der Waals surface area contributed by atoms with Crippen molar-refractivity contribution >= 4 is 44.4 Å². The molecule has 0 spiro atoms. The van der Waals surface area contributed by atoms with E-state index in [1.165, 1.54) is 0 Å². The van der Waals surface area contributed by atoms with Crippen LogP contribution in [0.25, 0.3) is 0 Å². The molecule has 17 heavy (non-hydrogen) atoms. The SMILES string of the molecule is CN(C)C1CN(C(=O)c2cc(Br)cc(I)c2)C1. The van der Waals surface area contributed by atoms with E-state index in [9.17, 15) is 4.79 Å². The predicted octanol–water partition coefficient (Wildman–Crippen LogP) is 2.44. The Balaban J connectivity index is 2.06. The van der Waals surface area contributed by atoms with Crippen LogP contribution in [0.4, 0.5) is 0 Å². The highest BCUT2D eigenvalue weighted by Crippen LogP contribution is 2.21. The fraction of sp³-hybridized carbons (Fsp3) is 0.417. The lowest BCUT2D eigenvalue weighted by molar-refractivity contribution is 0.0399. The van der Waals surface area contributed by atoms with Crippen molar-refractivity contribution in [2.45, 2.75) is 6.04 Å². The average molecular weight is 409 g/mol. The number of nitrogens with zero attached hydrogens (tertiary/aromatic N) is 2. The van der Waals surface area contributed by atoms with E-state index in [0.717, 1.165) is 26.7 Å². The third-order valence-electron chi connectivity index (χ3n) is 2.99. The van der Waals surface area contributed by atoms with E-state index >= 15 is 0 Å². The number of likely N-dealkylation sites (tertiary alicyclic amines) is 1. The van der Waals surface area contributed by atoms with Gasteiger partial charge < -0.3 is 9.80 Å². The van der Waals surface area contributed by atoms with E-state index in [1.54, 1.807) is 0 Å². The number of likely N-dealkylation sites (N-methyl/N-ethyl adjacent to an activating group) is 1. The smallest absolute Gasteiger partial charge is 0.254 e. The molecule has 2 rings (SSSR count). The number of hydrogen-bond acceptors (Lipinski definition) is 2. The van der Waals surface area contributed by atoms with Gasteiger partial charge in [0.15, 0.2) is 0 Å². The van der Waals surface area contributed by atoms with Gasteiger partial charge in [-0.25, -0.2) is 0 Å². The van der Waals surface area contributed by atoms with E-state index in [4.69, 9.17) is 0 Å². The van der Waals surface area contributed by atoms with E-state index in [-0.39, 0.29) is 5.91 Å². The van der Waals surface area contributed by atoms with Crippen LogP contribution in [0, 0.1) is 3.57 Å². The fourth-order valence-corrected chi connectivity index (χ4v) is 3.40. The summed E-state index contributed by atoms with van der Waals surface area (Å²) in [5.41, 5.74) is 0.765. The molecule has 0 bridgehead atoms. The zero-order valence-electron chi connectivity index (χ0n) is 9.78. The monoisotopic (exact) mass is 408 g/mol. The molecule has 1 heterocycles. The van der Waals surface area contributed by atoms with E-state index in [1.807, 2.05) is 23.1 Å². The van der Waals surface area contributed by atoms with Crippen molar-refractivity contribution in [2.75, 3.05) is 27.2 Å².